The van der Waals surface area contributed by atoms with Crippen LogP contribution >= 0.6 is 24.0 Å². The molecule has 1 aliphatic heterocycles. The molecule has 132 valence electrons. The summed E-state index contributed by atoms with van der Waals surface area (Å²) in [7, 11) is 1.86. The highest BCUT2D eigenvalue weighted by atomic mass is 127. The number of likely N-dealkylation sites (tertiary alicyclic amines) is 1. The number of aliphatic imine (C=N–C) groups is 1. The molecule has 1 aliphatic rings. The van der Waals surface area contributed by atoms with E-state index in [9.17, 15) is 0 Å². The van der Waals surface area contributed by atoms with Crippen molar-refractivity contribution in [1.82, 2.24) is 15.5 Å². The Bertz CT molecular complexity index is 307. The molecule has 0 aliphatic carbocycles. The van der Waals surface area contributed by atoms with Gasteiger partial charge in [0.05, 0.1) is 0 Å². The first-order valence-electron chi connectivity index (χ1n) is 8.74. The summed E-state index contributed by atoms with van der Waals surface area (Å²) in [6.07, 6.45) is 5.04. The van der Waals surface area contributed by atoms with Crippen LogP contribution in [0.1, 0.15) is 53.4 Å². The highest BCUT2D eigenvalue weighted by molar-refractivity contribution is 14.0. The van der Waals surface area contributed by atoms with Crippen molar-refractivity contribution in [1.29, 1.82) is 0 Å². The zero-order valence-electron chi connectivity index (χ0n) is 15.2. The van der Waals surface area contributed by atoms with Crippen LogP contribution in [0.5, 0.6) is 0 Å². The minimum Gasteiger partial charge on any atom is -0.356 e. The van der Waals surface area contributed by atoms with Crippen LogP contribution in [0, 0.1) is 11.8 Å². The van der Waals surface area contributed by atoms with Crippen LogP contribution in [0.4, 0.5) is 0 Å². The van der Waals surface area contributed by atoms with E-state index in [1.807, 2.05) is 7.05 Å². The molecule has 22 heavy (non-hydrogen) atoms. The largest absolute Gasteiger partial charge is 0.356 e. The van der Waals surface area contributed by atoms with Gasteiger partial charge in [-0.1, -0.05) is 20.8 Å². The first-order chi connectivity index (χ1) is 10.0. The van der Waals surface area contributed by atoms with Crippen LogP contribution in [-0.4, -0.2) is 50.1 Å². The smallest absolute Gasteiger partial charge is 0.191 e. The summed E-state index contributed by atoms with van der Waals surface area (Å²) >= 11 is 0. The number of hydrogen-bond acceptors (Lipinski definition) is 2. The minimum atomic E-state index is 0. The molecular weight excluding hydrogens is 387 g/mol. The maximum Gasteiger partial charge on any atom is 0.191 e. The van der Waals surface area contributed by atoms with Crippen LogP contribution in [-0.2, 0) is 0 Å². The second kappa shape index (κ2) is 12.4. The van der Waals surface area contributed by atoms with E-state index in [0.717, 1.165) is 24.3 Å². The monoisotopic (exact) mass is 424 g/mol. The van der Waals surface area contributed by atoms with E-state index in [2.05, 4.69) is 48.2 Å². The lowest BCUT2D eigenvalue weighted by molar-refractivity contribution is 0.324. The molecule has 2 unspecified atom stereocenters. The first kappa shape index (κ1) is 22.0. The summed E-state index contributed by atoms with van der Waals surface area (Å²) < 4.78 is 0. The predicted molar refractivity (Wildman–Crippen MR) is 108 cm³/mol. The Morgan fingerprint density at radius 3 is 2.59 bits per heavy atom. The molecule has 2 atom stereocenters. The van der Waals surface area contributed by atoms with E-state index in [0.29, 0.717) is 6.04 Å². The van der Waals surface area contributed by atoms with E-state index in [1.54, 1.807) is 0 Å². The van der Waals surface area contributed by atoms with E-state index < -0.39 is 0 Å². The van der Waals surface area contributed by atoms with Gasteiger partial charge in [-0.05, 0) is 57.5 Å². The Balaban J connectivity index is 0.00000441. The Hall–Kier alpha value is -0.0400. The maximum atomic E-state index is 4.35. The minimum absolute atomic E-state index is 0. The summed E-state index contributed by atoms with van der Waals surface area (Å²) in [5.74, 6) is 2.49. The number of hydrogen-bond donors (Lipinski definition) is 2. The molecule has 0 aromatic heterocycles. The molecule has 5 heteroatoms. The molecule has 0 aromatic rings. The lowest BCUT2D eigenvalue weighted by atomic mass is 10.0. The molecule has 4 nitrogen and oxygen atoms in total. The van der Waals surface area contributed by atoms with E-state index in [1.165, 1.54) is 45.3 Å². The maximum absolute atomic E-state index is 4.35. The molecule has 0 radical (unpaired) electrons. The molecule has 0 aromatic carbocycles. The Kier molecular flexibility index (Phi) is 12.4. The van der Waals surface area contributed by atoms with Crippen LogP contribution in [0.2, 0.25) is 0 Å². The number of halogens is 1. The molecule has 2 N–H and O–H groups in total. The fourth-order valence-corrected chi connectivity index (χ4v) is 2.92. The fourth-order valence-electron chi connectivity index (χ4n) is 2.92. The van der Waals surface area contributed by atoms with E-state index in [4.69, 9.17) is 0 Å². The third-order valence-electron chi connectivity index (χ3n) is 4.25. The van der Waals surface area contributed by atoms with Gasteiger partial charge in [-0.2, -0.15) is 0 Å². The highest BCUT2D eigenvalue weighted by Crippen LogP contribution is 2.15. The van der Waals surface area contributed by atoms with Crippen molar-refractivity contribution in [2.75, 3.05) is 33.2 Å². The third kappa shape index (κ3) is 9.18. The van der Waals surface area contributed by atoms with Crippen LogP contribution < -0.4 is 10.6 Å². The lowest BCUT2D eigenvalue weighted by Gasteiger charge is -2.20. The van der Waals surface area contributed by atoms with Gasteiger partial charge in [-0.3, -0.25) is 4.99 Å². The molecule has 1 rings (SSSR count). The molecular formula is C17H37IN4. The topological polar surface area (TPSA) is 39.7 Å². The zero-order valence-corrected chi connectivity index (χ0v) is 17.5. The Morgan fingerprint density at radius 1 is 1.27 bits per heavy atom. The molecule has 0 bridgehead atoms. The summed E-state index contributed by atoms with van der Waals surface area (Å²) in [5, 5.41) is 7.01. The summed E-state index contributed by atoms with van der Waals surface area (Å²) in [5.41, 5.74) is 0. The standard InChI is InChI=1S/C17H36N4.HI/c1-6-10-21-11-9-16(13-21)12-19-17(18-5)20-15(4)8-7-14(2)3;/h14-16H,6-13H2,1-5H3,(H2,18,19,20);1H. The SMILES string of the molecule is CCCN1CCC(CNC(=NC)NC(C)CCC(C)C)C1.I. The second-order valence-corrected chi connectivity index (χ2v) is 6.93. The van der Waals surface area contributed by atoms with Crippen molar-refractivity contribution in [2.24, 2.45) is 16.8 Å². The van der Waals surface area contributed by atoms with Gasteiger partial charge in [-0.25, -0.2) is 0 Å². The van der Waals surface area contributed by atoms with Crippen molar-refractivity contribution < 1.29 is 0 Å². The third-order valence-corrected chi connectivity index (χ3v) is 4.25. The van der Waals surface area contributed by atoms with Crippen molar-refractivity contribution in [3.63, 3.8) is 0 Å². The predicted octanol–water partition coefficient (Wildman–Crippen LogP) is 3.33. The van der Waals surface area contributed by atoms with E-state index >= 15 is 0 Å². The summed E-state index contributed by atoms with van der Waals surface area (Å²) in [6, 6.07) is 0.485. The van der Waals surface area contributed by atoms with Crippen LogP contribution in [0.3, 0.4) is 0 Å². The number of nitrogens with zero attached hydrogens (tertiary/aromatic N) is 2. The van der Waals surface area contributed by atoms with Gasteiger partial charge in [-0.15, -0.1) is 24.0 Å². The molecule has 1 saturated heterocycles. The van der Waals surface area contributed by atoms with Gasteiger partial charge in [0.2, 0.25) is 0 Å². The second-order valence-electron chi connectivity index (χ2n) is 6.93. The molecule has 1 heterocycles. The van der Waals surface area contributed by atoms with Gasteiger partial charge in [0, 0.05) is 26.2 Å². The van der Waals surface area contributed by atoms with Crippen molar-refractivity contribution in [2.45, 2.75) is 59.4 Å². The normalized spacial score (nSPS) is 20.8. The van der Waals surface area contributed by atoms with Crippen molar-refractivity contribution in [3.05, 3.63) is 0 Å². The van der Waals surface area contributed by atoms with Gasteiger partial charge in [0.15, 0.2) is 5.96 Å². The molecule has 0 saturated carbocycles. The fraction of sp³-hybridized carbons (Fsp3) is 0.941. The van der Waals surface area contributed by atoms with Gasteiger partial charge in [0.1, 0.15) is 0 Å². The lowest BCUT2D eigenvalue weighted by Crippen LogP contribution is -2.44. The quantitative estimate of drug-likeness (QED) is 0.357. The van der Waals surface area contributed by atoms with Crippen molar-refractivity contribution >= 4 is 29.9 Å². The molecule has 1 fully saturated rings. The average molecular weight is 424 g/mol. The van der Waals surface area contributed by atoms with Gasteiger partial charge < -0.3 is 15.5 Å². The highest BCUT2D eigenvalue weighted by Gasteiger charge is 2.21. The number of guanidine groups is 1. The van der Waals surface area contributed by atoms with Crippen LogP contribution in [0.15, 0.2) is 4.99 Å². The Labute approximate surface area is 154 Å². The van der Waals surface area contributed by atoms with Crippen molar-refractivity contribution in [3.8, 4) is 0 Å². The number of rotatable bonds is 8. The van der Waals surface area contributed by atoms with Gasteiger partial charge >= 0.3 is 0 Å². The zero-order chi connectivity index (χ0) is 15.7. The van der Waals surface area contributed by atoms with E-state index in [-0.39, 0.29) is 24.0 Å². The number of nitrogens with one attached hydrogen (secondary N) is 2. The molecule has 0 amide bonds. The van der Waals surface area contributed by atoms with Gasteiger partial charge in [0.25, 0.3) is 0 Å². The van der Waals surface area contributed by atoms with Crippen LogP contribution in [0.25, 0.3) is 0 Å². The molecule has 0 spiro atoms. The first-order valence-corrected chi connectivity index (χ1v) is 8.74. The summed E-state index contributed by atoms with van der Waals surface area (Å²) in [6.45, 7) is 13.8. The Morgan fingerprint density at radius 2 is 2.00 bits per heavy atom. The average Bonchev–Trinajstić information content (AvgIpc) is 2.89. The summed E-state index contributed by atoms with van der Waals surface area (Å²) in [4.78, 5) is 6.93.